The number of rotatable bonds is 9. The zero-order valence-electron chi connectivity index (χ0n) is 21.8. The molecule has 1 aromatic rings. The summed E-state index contributed by atoms with van der Waals surface area (Å²) in [4.78, 5) is 42.5. The van der Waals surface area contributed by atoms with Crippen LogP contribution < -0.4 is 5.32 Å². The minimum atomic E-state index is -0.831. The number of allylic oxidation sites excluding steroid dienone is 1. The second-order valence-electron chi connectivity index (χ2n) is 10.2. The van der Waals surface area contributed by atoms with E-state index in [1.54, 1.807) is 11.8 Å². The van der Waals surface area contributed by atoms with Crippen molar-refractivity contribution in [1.82, 2.24) is 4.90 Å². The summed E-state index contributed by atoms with van der Waals surface area (Å²) in [7, 11) is 0. The molecular formula is C28H40N2O5. The van der Waals surface area contributed by atoms with Crippen molar-refractivity contribution in [3.8, 4) is 0 Å². The molecule has 1 aliphatic heterocycles. The number of nitrogens with zero attached hydrogens (tertiary/aromatic N) is 1. The van der Waals surface area contributed by atoms with E-state index >= 15 is 0 Å². The summed E-state index contributed by atoms with van der Waals surface area (Å²) in [6, 6.07) is 4.47. The van der Waals surface area contributed by atoms with Gasteiger partial charge in [-0.05, 0) is 56.2 Å². The zero-order chi connectivity index (χ0) is 25.9. The maximum Gasteiger partial charge on any atom is 0.310 e. The quantitative estimate of drug-likeness (QED) is 0.410. The number of hydrogen-bond donors (Lipinski definition) is 2. The third-order valence-corrected chi connectivity index (χ3v) is 7.46. The van der Waals surface area contributed by atoms with Gasteiger partial charge in [-0.25, -0.2) is 0 Å². The molecule has 1 aliphatic carbocycles. The standard InChI is InChI=1S/C28H40N2O5/c1-7-9-19-12-13-20-24(23(19)28(34)35-8-2)27(33)30(22(15-31)16(3)4)25(20)26(32)29-21-14-17(5)10-11-18(21)6/h10-14,16,19-20,22-25,31H,7-9,15H2,1-6H3,(H,29,32)/t19-,20+,22+,23-,24-,25+/m1/s1. The molecular weight excluding hydrogens is 444 g/mol. The average Bonchev–Trinajstić information content (AvgIpc) is 3.09. The van der Waals surface area contributed by atoms with Crippen LogP contribution in [-0.4, -0.2) is 53.1 Å². The largest absolute Gasteiger partial charge is 0.466 e. The fraction of sp³-hybridized carbons (Fsp3) is 0.607. The number of amides is 2. The van der Waals surface area contributed by atoms with Gasteiger partial charge in [-0.15, -0.1) is 0 Å². The number of benzene rings is 1. The Kier molecular flexibility index (Phi) is 8.75. The Morgan fingerprint density at radius 2 is 1.89 bits per heavy atom. The van der Waals surface area contributed by atoms with Crippen molar-refractivity contribution in [1.29, 1.82) is 0 Å². The number of anilines is 1. The molecule has 3 rings (SSSR count). The summed E-state index contributed by atoms with van der Waals surface area (Å²) in [6.45, 7) is 11.5. The topological polar surface area (TPSA) is 95.9 Å². The molecule has 7 heteroatoms. The number of hydrogen-bond acceptors (Lipinski definition) is 5. The minimum Gasteiger partial charge on any atom is -0.466 e. The number of aliphatic hydroxyl groups is 1. The smallest absolute Gasteiger partial charge is 0.310 e. The number of fused-ring (bicyclic) bond motifs is 1. The Hall–Kier alpha value is -2.67. The van der Waals surface area contributed by atoms with Crippen LogP contribution in [0, 0.1) is 43.4 Å². The molecule has 0 bridgehead atoms. The van der Waals surface area contributed by atoms with Crippen molar-refractivity contribution in [3.05, 3.63) is 41.5 Å². The van der Waals surface area contributed by atoms with Crippen LogP contribution in [-0.2, 0) is 19.1 Å². The van der Waals surface area contributed by atoms with Crippen molar-refractivity contribution in [3.63, 3.8) is 0 Å². The van der Waals surface area contributed by atoms with Gasteiger partial charge in [0.25, 0.3) is 0 Å². The molecule has 1 aromatic carbocycles. The lowest BCUT2D eigenvalue weighted by Crippen LogP contribution is -2.52. The average molecular weight is 485 g/mol. The molecule has 7 nitrogen and oxygen atoms in total. The fourth-order valence-electron chi connectivity index (χ4n) is 5.67. The van der Waals surface area contributed by atoms with Crippen LogP contribution in [0.5, 0.6) is 0 Å². The summed E-state index contributed by atoms with van der Waals surface area (Å²) in [5.74, 6) is -2.98. The second kappa shape index (κ2) is 11.4. The first kappa shape index (κ1) is 26.9. The van der Waals surface area contributed by atoms with Gasteiger partial charge in [-0.3, -0.25) is 14.4 Å². The van der Waals surface area contributed by atoms with E-state index in [-0.39, 0.29) is 42.8 Å². The number of esters is 1. The van der Waals surface area contributed by atoms with Gasteiger partial charge in [0.15, 0.2) is 0 Å². The number of nitrogens with one attached hydrogen (secondary N) is 1. The van der Waals surface area contributed by atoms with Gasteiger partial charge in [-0.1, -0.05) is 51.5 Å². The van der Waals surface area contributed by atoms with Gasteiger partial charge in [0, 0.05) is 11.6 Å². The van der Waals surface area contributed by atoms with Crippen molar-refractivity contribution >= 4 is 23.5 Å². The van der Waals surface area contributed by atoms with Crippen LogP contribution in [0.15, 0.2) is 30.4 Å². The van der Waals surface area contributed by atoms with E-state index in [0.717, 1.165) is 24.0 Å². The van der Waals surface area contributed by atoms with E-state index in [1.165, 1.54) is 0 Å². The Morgan fingerprint density at radius 1 is 1.17 bits per heavy atom. The van der Waals surface area contributed by atoms with E-state index in [4.69, 9.17) is 4.74 Å². The van der Waals surface area contributed by atoms with Gasteiger partial charge in [0.1, 0.15) is 6.04 Å². The molecule has 2 amide bonds. The van der Waals surface area contributed by atoms with E-state index < -0.39 is 29.8 Å². The molecule has 35 heavy (non-hydrogen) atoms. The van der Waals surface area contributed by atoms with E-state index in [2.05, 4.69) is 5.32 Å². The van der Waals surface area contributed by atoms with Gasteiger partial charge in [-0.2, -0.15) is 0 Å². The molecule has 2 N–H and O–H groups in total. The van der Waals surface area contributed by atoms with Crippen molar-refractivity contribution < 1.29 is 24.2 Å². The molecule has 192 valence electrons. The summed E-state index contributed by atoms with van der Waals surface area (Å²) in [5, 5.41) is 13.3. The lowest BCUT2D eigenvalue weighted by Gasteiger charge is -2.35. The van der Waals surface area contributed by atoms with Gasteiger partial charge in [0.05, 0.1) is 31.1 Å². The molecule has 0 radical (unpaired) electrons. The molecule has 1 heterocycles. The maximum atomic E-state index is 14.0. The molecule has 1 saturated heterocycles. The summed E-state index contributed by atoms with van der Waals surface area (Å²) in [5.41, 5.74) is 2.63. The van der Waals surface area contributed by atoms with Crippen molar-refractivity contribution in [2.45, 2.75) is 66.5 Å². The Bertz CT molecular complexity index is 972. The normalized spacial score (nSPS) is 26.6. The molecule has 6 atom stereocenters. The first-order valence-electron chi connectivity index (χ1n) is 12.8. The molecule has 0 spiro atoms. The first-order chi connectivity index (χ1) is 16.7. The predicted octanol–water partition coefficient (Wildman–Crippen LogP) is 3.87. The van der Waals surface area contributed by atoms with Crippen molar-refractivity contribution in [2.75, 3.05) is 18.5 Å². The number of carbonyl (C=O) groups excluding carboxylic acids is 3. The summed E-state index contributed by atoms with van der Waals surface area (Å²) >= 11 is 0. The van der Waals surface area contributed by atoms with Crippen LogP contribution in [0.1, 0.15) is 51.7 Å². The molecule has 0 unspecified atom stereocenters. The number of ether oxygens (including phenoxy) is 1. The van der Waals surface area contributed by atoms with E-state index in [9.17, 15) is 19.5 Å². The maximum absolute atomic E-state index is 14.0. The van der Waals surface area contributed by atoms with Crippen LogP contribution in [0.3, 0.4) is 0 Å². The summed E-state index contributed by atoms with van der Waals surface area (Å²) < 4.78 is 5.41. The third kappa shape index (κ3) is 5.30. The highest BCUT2D eigenvalue weighted by molar-refractivity contribution is 6.02. The molecule has 0 saturated carbocycles. The Labute approximate surface area is 208 Å². The predicted molar refractivity (Wildman–Crippen MR) is 136 cm³/mol. The highest BCUT2D eigenvalue weighted by Crippen LogP contribution is 2.47. The monoisotopic (exact) mass is 484 g/mol. The van der Waals surface area contributed by atoms with Crippen LogP contribution >= 0.6 is 0 Å². The number of aliphatic hydroxyl groups excluding tert-OH is 1. The number of carbonyl (C=O) groups is 3. The lowest BCUT2D eigenvalue weighted by atomic mass is 9.69. The van der Waals surface area contributed by atoms with E-state index in [0.29, 0.717) is 5.69 Å². The highest BCUT2D eigenvalue weighted by Gasteiger charge is 2.59. The van der Waals surface area contributed by atoms with E-state index in [1.807, 2.05) is 65.0 Å². The van der Waals surface area contributed by atoms with Crippen LogP contribution in [0.25, 0.3) is 0 Å². The number of likely N-dealkylation sites (tertiary alicyclic amines) is 1. The minimum absolute atomic E-state index is 0.0726. The Morgan fingerprint density at radius 3 is 2.49 bits per heavy atom. The molecule has 2 aliphatic rings. The molecule has 0 aromatic heterocycles. The summed E-state index contributed by atoms with van der Waals surface area (Å²) in [6.07, 6.45) is 5.55. The number of aryl methyl sites for hydroxylation is 2. The van der Waals surface area contributed by atoms with Gasteiger partial charge in [0.2, 0.25) is 11.8 Å². The third-order valence-electron chi connectivity index (χ3n) is 7.46. The van der Waals surface area contributed by atoms with Crippen molar-refractivity contribution in [2.24, 2.45) is 29.6 Å². The first-order valence-corrected chi connectivity index (χ1v) is 12.8. The van der Waals surface area contributed by atoms with Crippen LogP contribution in [0.2, 0.25) is 0 Å². The fourth-order valence-corrected chi connectivity index (χ4v) is 5.67. The lowest BCUT2D eigenvalue weighted by molar-refractivity contribution is -0.156. The zero-order valence-corrected chi connectivity index (χ0v) is 21.8. The second-order valence-corrected chi connectivity index (χ2v) is 10.2. The molecule has 1 fully saturated rings. The SMILES string of the molecule is CCC[C@@H]1C=C[C@H]2[C@@H](C(=O)N([C@@H](CO)C(C)C)[C@@H]2C(=O)Nc2cc(C)ccc2C)[C@@H]1C(=O)OCC. The van der Waals surface area contributed by atoms with Gasteiger partial charge >= 0.3 is 5.97 Å². The van der Waals surface area contributed by atoms with Gasteiger partial charge < -0.3 is 20.1 Å². The van der Waals surface area contributed by atoms with Crippen LogP contribution in [0.4, 0.5) is 5.69 Å². The highest BCUT2D eigenvalue weighted by atomic mass is 16.5. The Balaban J connectivity index is 2.08.